The van der Waals surface area contributed by atoms with E-state index in [1.54, 1.807) is 13.3 Å². The van der Waals surface area contributed by atoms with E-state index >= 15 is 0 Å². The molecular weight excluding hydrogens is 298 g/mol. The molecule has 1 aromatic heterocycles. The monoisotopic (exact) mass is 319 g/mol. The van der Waals surface area contributed by atoms with E-state index in [0.29, 0.717) is 0 Å². The third-order valence-electron chi connectivity index (χ3n) is 3.04. The number of aliphatic hydroxyl groups excluding tert-OH is 1. The van der Waals surface area contributed by atoms with E-state index in [9.17, 15) is 5.11 Å². The molecule has 0 saturated heterocycles. The molecule has 1 N–H and O–H groups in total. The van der Waals surface area contributed by atoms with Gasteiger partial charge in [-0.05, 0) is 43.9 Å². The fourth-order valence-electron chi connectivity index (χ4n) is 1.56. The van der Waals surface area contributed by atoms with Crippen molar-refractivity contribution in [1.29, 1.82) is 0 Å². The first-order valence-electron chi connectivity index (χ1n) is 5.88. The van der Waals surface area contributed by atoms with Gasteiger partial charge >= 0.3 is 0 Å². The molecule has 1 atom stereocenters. The Hall–Kier alpha value is -0.430. The first-order valence-corrected chi connectivity index (χ1v) is 6.68. The highest BCUT2D eigenvalue weighted by atomic mass is 79.9. The number of aromatic nitrogens is 2. The Balaban J connectivity index is 2.97. The molecule has 0 radical (unpaired) electrons. The number of halogens is 1. The Morgan fingerprint density at radius 1 is 1.56 bits per heavy atom. The number of hydrogen-bond acceptors (Lipinski definition) is 4. The van der Waals surface area contributed by atoms with Crippen LogP contribution in [0.15, 0.2) is 10.7 Å². The van der Waals surface area contributed by atoms with E-state index in [0.717, 1.165) is 23.3 Å². The van der Waals surface area contributed by atoms with Crippen molar-refractivity contribution in [3.63, 3.8) is 0 Å². The predicted octanol–water partition coefficient (Wildman–Crippen LogP) is 1.67. The van der Waals surface area contributed by atoms with E-state index in [1.807, 2.05) is 32.6 Å². The third kappa shape index (κ3) is 3.54. The molecule has 0 aliphatic carbocycles. The van der Waals surface area contributed by atoms with Crippen LogP contribution in [-0.4, -0.2) is 53.1 Å². The van der Waals surface area contributed by atoms with Crippen molar-refractivity contribution >= 4 is 15.9 Å². The summed E-state index contributed by atoms with van der Waals surface area (Å²) in [5.41, 5.74) is 0.0991. The molecule has 0 spiro atoms. The summed E-state index contributed by atoms with van der Waals surface area (Å²) in [5, 5.41) is 14.7. The van der Waals surface area contributed by atoms with Crippen molar-refractivity contribution in [2.24, 2.45) is 0 Å². The number of nitrogens with zero attached hydrogens (tertiary/aromatic N) is 3. The van der Waals surface area contributed by atoms with Crippen molar-refractivity contribution in [1.82, 2.24) is 14.7 Å². The van der Waals surface area contributed by atoms with E-state index in [2.05, 4.69) is 25.9 Å². The molecule has 6 heteroatoms. The summed E-state index contributed by atoms with van der Waals surface area (Å²) in [5.74, 6) is 0. The van der Waals surface area contributed by atoms with Gasteiger partial charge in [-0.15, -0.1) is 0 Å². The third-order valence-corrected chi connectivity index (χ3v) is 3.65. The van der Waals surface area contributed by atoms with Gasteiger partial charge in [-0.25, -0.2) is 0 Å². The van der Waals surface area contributed by atoms with Crippen molar-refractivity contribution < 1.29 is 9.84 Å². The summed E-state index contributed by atoms with van der Waals surface area (Å²) in [6, 6.07) is 0. The van der Waals surface area contributed by atoms with Crippen LogP contribution in [0.3, 0.4) is 0 Å². The van der Waals surface area contributed by atoms with Crippen molar-refractivity contribution in [2.75, 3.05) is 27.7 Å². The lowest BCUT2D eigenvalue weighted by molar-refractivity contribution is -0.0830. The highest BCUT2D eigenvalue weighted by Crippen LogP contribution is 2.32. The van der Waals surface area contributed by atoms with Crippen LogP contribution in [0.2, 0.25) is 0 Å². The Bertz CT molecular complexity index is 391. The van der Waals surface area contributed by atoms with Gasteiger partial charge in [-0.1, -0.05) is 0 Å². The summed E-state index contributed by atoms with van der Waals surface area (Å²) in [6.07, 6.45) is 0.974. The molecule has 0 saturated carbocycles. The summed E-state index contributed by atoms with van der Waals surface area (Å²) >= 11 is 3.43. The molecule has 18 heavy (non-hydrogen) atoms. The summed E-state index contributed by atoms with van der Waals surface area (Å²) < 4.78 is 7.96. The van der Waals surface area contributed by atoms with Gasteiger partial charge in [-0.2, -0.15) is 5.10 Å². The molecule has 0 bridgehead atoms. The Labute approximate surface area is 117 Å². The second-order valence-electron chi connectivity index (χ2n) is 5.11. The van der Waals surface area contributed by atoms with Crippen molar-refractivity contribution in [3.8, 4) is 0 Å². The van der Waals surface area contributed by atoms with E-state index in [-0.39, 0.29) is 0 Å². The second-order valence-corrected chi connectivity index (χ2v) is 5.97. The largest absolute Gasteiger partial charge is 0.384 e. The molecule has 1 unspecified atom stereocenters. The molecule has 5 nitrogen and oxygen atoms in total. The standard InChI is InChI=1S/C12H22BrN3O2/c1-12(2,18-5)11(17)10-9(13)8-14-16(10)7-6-15(3)4/h8,11,17H,6-7H2,1-5H3. The fourth-order valence-corrected chi connectivity index (χ4v) is 2.07. The summed E-state index contributed by atoms with van der Waals surface area (Å²) in [7, 11) is 5.61. The van der Waals surface area contributed by atoms with Gasteiger partial charge in [0.1, 0.15) is 6.10 Å². The molecule has 1 aromatic rings. The Kier molecular flexibility index (Phi) is 5.33. The van der Waals surface area contributed by atoms with Crippen LogP contribution < -0.4 is 0 Å². The van der Waals surface area contributed by atoms with Crippen LogP contribution in [0.1, 0.15) is 25.6 Å². The smallest absolute Gasteiger partial charge is 0.125 e. The number of likely N-dealkylation sites (N-methyl/N-ethyl adjacent to an activating group) is 1. The van der Waals surface area contributed by atoms with Gasteiger partial charge in [-0.3, -0.25) is 4.68 Å². The number of methoxy groups -OCH3 is 1. The zero-order valence-corrected chi connectivity index (χ0v) is 13.2. The maximum atomic E-state index is 10.4. The van der Waals surface area contributed by atoms with E-state index < -0.39 is 11.7 Å². The van der Waals surface area contributed by atoms with Gasteiger partial charge in [0, 0.05) is 13.7 Å². The molecule has 1 heterocycles. The number of rotatable bonds is 6. The van der Waals surface area contributed by atoms with Crippen LogP contribution in [-0.2, 0) is 11.3 Å². The van der Waals surface area contributed by atoms with Gasteiger partial charge in [0.05, 0.1) is 28.5 Å². The lowest BCUT2D eigenvalue weighted by Crippen LogP contribution is -2.33. The van der Waals surface area contributed by atoms with Crippen LogP contribution >= 0.6 is 15.9 Å². The van der Waals surface area contributed by atoms with Crippen molar-refractivity contribution in [3.05, 3.63) is 16.4 Å². The van der Waals surface area contributed by atoms with Crippen LogP contribution in [0.4, 0.5) is 0 Å². The van der Waals surface area contributed by atoms with Gasteiger partial charge in [0.2, 0.25) is 0 Å². The van der Waals surface area contributed by atoms with Gasteiger partial charge in [0.15, 0.2) is 0 Å². The maximum absolute atomic E-state index is 10.4. The first-order chi connectivity index (χ1) is 8.29. The minimum atomic E-state index is -0.735. The quantitative estimate of drug-likeness (QED) is 0.866. The molecular formula is C12H22BrN3O2. The highest BCUT2D eigenvalue weighted by molar-refractivity contribution is 9.10. The normalized spacial score (nSPS) is 14.2. The Morgan fingerprint density at radius 2 is 2.17 bits per heavy atom. The number of aliphatic hydroxyl groups is 1. The summed E-state index contributed by atoms with van der Waals surface area (Å²) in [4.78, 5) is 2.08. The molecule has 0 aromatic carbocycles. The lowest BCUT2D eigenvalue weighted by atomic mass is 9.98. The zero-order chi connectivity index (χ0) is 13.9. The minimum Gasteiger partial charge on any atom is -0.384 e. The van der Waals surface area contributed by atoms with E-state index in [4.69, 9.17) is 4.74 Å². The molecule has 0 aliphatic heterocycles. The van der Waals surface area contributed by atoms with Gasteiger partial charge < -0.3 is 14.7 Å². The zero-order valence-electron chi connectivity index (χ0n) is 11.6. The maximum Gasteiger partial charge on any atom is 0.125 e. The fraction of sp³-hybridized carbons (Fsp3) is 0.750. The average Bonchev–Trinajstić information content (AvgIpc) is 2.66. The highest BCUT2D eigenvalue weighted by Gasteiger charge is 2.33. The predicted molar refractivity (Wildman–Crippen MR) is 74.5 cm³/mol. The van der Waals surface area contributed by atoms with Crippen LogP contribution in [0.5, 0.6) is 0 Å². The number of hydrogen-bond donors (Lipinski definition) is 1. The molecule has 1 rings (SSSR count). The second kappa shape index (κ2) is 6.14. The van der Waals surface area contributed by atoms with Gasteiger partial charge in [0.25, 0.3) is 0 Å². The average molecular weight is 320 g/mol. The molecule has 0 fully saturated rings. The number of ether oxygens (including phenoxy) is 1. The topological polar surface area (TPSA) is 50.5 Å². The van der Waals surface area contributed by atoms with Crippen LogP contribution in [0, 0.1) is 0 Å². The van der Waals surface area contributed by atoms with Crippen molar-refractivity contribution in [2.45, 2.75) is 32.1 Å². The summed E-state index contributed by atoms with van der Waals surface area (Å²) in [6.45, 7) is 5.30. The first kappa shape index (κ1) is 15.6. The molecule has 104 valence electrons. The van der Waals surface area contributed by atoms with E-state index in [1.165, 1.54) is 0 Å². The van der Waals surface area contributed by atoms with Crippen LogP contribution in [0.25, 0.3) is 0 Å². The lowest BCUT2D eigenvalue weighted by Gasteiger charge is -2.30. The molecule has 0 aliphatic rings. The Morgan fingerprint density at radius 3 is 2.67 bits per heavy atom. The minimum absolute atomic E-state index is 0.654. The SMILES string of the molecule is COC(C)(C)C(O)c1c(Br)cnn1CCN(C)C. The molecule has 0 amide bonds.